The largest absolute Gasteiger partial charge is 0.490 e. The van der Waals surface area contributed by atoms with Crippen molar-refractivity contribution in [2.24, 2.45) is 0 Å². The van der Waals surface area contributed by atoms with Gasteiger partial charge in [-0.2, -0.15) is 0 Å². The van der Waals surface area contributed by atoms with Gasteiger partial charge in [0.05, 0.1) is 0 Å². The van der Waals surface area contributed by atoms with E-state index in [-0.39, 0.29) is 0 Å². The van der Waals surface area contributed by atoms with Gasteiger partial charge in [-0.25, -0.2) is 0 Å². The van der Waals surface area contributed by atoms with E-state index in [2.05, 4.69) is 15.9 Å². The van der Waals surface area contributed by atoms with Crippen LogP contribution in [-0.2, 0) is 0 Å². The van der Waals surface area contributed by atoms with E-state index < -0.39 is 0 Å². The Balaban J connectivity index is 1.74. The molecule has 0 saturated carbocycles. The Kier molecular flexibility index (Phi) is 4.90. The summed E-state index contributed by atoms with van der Waals surface area (Å²) in [6.45, 7) is 0.977. The van der Waals surface area contributed by atoms with Gasteiger partial charge in [-0.3, -0.25) is 0 Å². The number of rotatable bonds is 5. The maximum Gasteiger partial charge on any atom is 0.122 e. The quantitative estimate of drug-likeness (QED) is 0.750. The maximum atomic E-state index is 5.85. The Labute approximate surface area is 120 Å². The van der Waals surface area contributed by atoms with Gasteiger partial charge in [-0.15, -0.1) is 0 Å². The van der Waals surface area contributed by atoms with Gasteiger partial charge in [0, 0.05) is 9.50 Å². The van der Waals surface area contributed by atoms with Crippen molar-refractivity contribution in [3.8, 4) is 11.5 Å². The first kappa shape index (κ1) is 13.2. The van der Waals surface area contributed by atoms with Crippen LogP contribution in [0.4, 0.5) is 0 Å². The molecule has 0 fully saturated rings. The number of halogens is 2. The molecule has 94 valence electrons. The number of hydrogen-bond acceptors (Lipinski definition) is 2. The van der Waals surface area contributed by atoms with Crippen molar-refractivity contribution in [1.82, 2.24) is 0 Å². The Bertz CT molecular complexity index is 499. The van der Waals surface area contributed by atoms with E-state index in [0.29, 0.717) is 18.2 Å². The van der Waals surface area contributed by atoms with Gasteiger partial charge in [-0.1, -0.05) is 33.6 Å². The average Bonchev–Trinajstić information content (AvgIpc) is 2.37. The van der Waals surface area contributed by atoms with Gasteiger partial charge in [0.25, 0.3) is 0 Å². The lowest BCUT2D eigenvalue weighted by molar-refractivity contribution is 0.217. The highest BCUT2D eigenvalue weighted by Crippen LogP contribution is 2.18. The van der Waals surface area contributed by atoms with Crippen molar-refractivity contribution < 1.29 is 9.47 Å². The van der Waals surface area contributed by atoms with Crippen molar-refractivity contribution in [2.45, 2.75) is 0 Å². The van der Waals surface area contributed by atoms with Gasteiger partial charge in [0.1, 0.15) is 24.7 Å². The summed E-state index contributed by atoms with van der Waals surface area (Å²) in [4.78, 5) is 0. The zero-order valence-electron chi connectivity index (χ0n) is 9.61. The molecule has 0 unspecified atom stereocenters. The lowest BCUT2D eigenvalue weighted by Crippen LogP contribution is -2.08. The van der Waals surface area contributed by atoms with Crippen LogP contribution >= 0.6 is 27.5 Å². The molecule has 0 spiro atoms. The van der Waals surface area contributed by atoms with Crippen LogP contribution in [0.1, 0.15) is 0 Å². The molecular formula is C14H12BrClO2. The third-order valence-electron chi connectivity index (χ3n) is 2.23. The summed E-state index contributed by atoms with van der Waals surface area (Å²) in [5.74, 6) is 1.58. The molecule has 0 aliphatic heterocycles. The molecule has 0 radical (unpaired) electrons. The lowest BCUT2D eigenvalue weighted by atomic mass is 10.3. The molecule has 0 atom stereocenters. The van der Waals surface area contributed by atoms with E-state index >= 15 is 0 Å². The first-order chi connectivity index (χ1) is 8.74. The van der Waals surface area contributed by atoms with E-state index in [1.807, 2.05) is 42.5 Å². The third kappa shape index (κ3) is 4.24. The molecule has 4 heteroatoms. The fraction of sp³-hybridized carbons (Fsp3) is 0.143. The number of hydrogen-bond donors (Lipinski definition) is 0. The third-order valence-corrected chi connectivity index (χ3v) is 2.99. The van der Waals surface area contributed by atoms with Crippen LogP contribution in [0.2, 0.25) is 5.02 Å². The van der Waals surface area contributed by atoms with Crippen LogP contribution in [0.25, 0.3) is 0 Å². The predicted molar refractivity (Wildman–Crippen MR) is 76.6 cm³/mol. The smallest absolute Gasteiger partial charge is 0.122 e. The summed E-state index contributed by atoms with van der Waals surface area (Å²) in [7, 11) is 0. The molecule has 0 amide bonds. The molecule has 2 aromatic carbocycles. The Hall–Kier alpha value is -1.19. The van der Waals surface area contributed by atoms with Crippen molar-refractivity contribution in [3.05, 3.63) is 58.0 Å². The summed E-state index contributed by atoms with van der Waals surface area (Å²) in [5, 5.41) is 0.668. The SMILES string of the molecule is Clc1cccc(OCCOc2ccc(Br)cc2)c1. The summed E-state index contributed by atoms with van der Waals surface area (Å²) >= 11 is 9.22. The molecule has 0 aliphatic rings. The minimum atomic E-state index is 0.483. The second-order valence-electron chi connectivity index (χ2n) is 3.61. The van der Waals surface area contributed by atoms with Crippen LogP contribution in [-0.4, -0.2) is 13.2 Å². The molecule has 18 heavy (non-hydrogen) atoms. The second kappa shape index (κ2) is 6.66. The van der Waals surface area contributed by atoms with Crippen molar-refractivity contribution >= 4 is 27.5 Å². The van der Waals surface area contributed by atoms with Crippen LogP contribution in [0.5, 0.6) is 11.5 Å². The van der Waals surface area contributed by atoms with Gasteiger partial charge < -0.3 is 9.47 Å². The highest BCUT2D eigenvalue weighted by Gasteiger charge is 1.96. The molecule has 0 N–H and O–H groups in total. The highest BCUT2D eigenvalue weighted by atomic mass is 79.9. The van der Waals surface area contributed by atoms with Gasteiger partial charge in [0.2, 0.25) is 0 Å². The van der Waals surface area contributed by atoms with E-state index in [1.54, 1.807) is 6.07 Å². The highest BCUT2D eigenvalue weighted by molar-refractivity contribution is 9.10. The molecule has 2 rings (SSSR count). The molecular weight excluding hydrogens is 316 g/mol. The average molecular weight is 328 g/mol. The molecule has 2 aromatic rings. The van der Waals surface area contributed by atoms with E-state index in [9.17, 15) is 0 Å². The first-order valence-electron chi connectivity index (χ1n) is 5.51. The number of benzene rings is 2. The van der Waals surface area contributed by atoms with E-state index in [1.165, 1.54) is 0 Å². The summed E-state index contributed by atoms with van der Waals surface area (Å²) in [6.07, 6.45) is 0. The summed E-state index contributed by atoms with van der Waals surface area (Å²) in [6, 6.07) is 15.0. The minimum absolute atomic E-state index is 0.483. The molecule has 0 aromatic heterocycles. The van der Waals surface area contributed by atoms with Crippen LogP contribution < -0.4 is 9.47 Å². The van der Waals surface area contributed by atoms with E-state index in [4.69, 9.17) is 21.1 Å². The Morgan fingerprint density at radius 2 is 1.56 bits per heavy atom. The first-order valence-corrected chi connectivity index (χ1v) is 6.68. The van der Waals surface area contributed by atoms with Gasteiger partial charge in [0.15, 0.2) is 0 Å². The van der Waals surface area contributed by atoms with Crippen LogP contribution in [0.3, 0.4) is 0 Å². The van der Waals surface area contributed by atoms with Crippen molar-refractivity contribution in [2.75, 3.05) is 13.2 Å². The normalized spacial score (nSPS) is 10.1. The maximum absolute atomic E-state index is 5.85. The Morgan fingerprint density at radius 3 is 2.22 bits per heavy atom. The van der Waals surface area contributed by atoms with E-state index in [0.717, 1.165) is 16.0 Å². The summed E-state index contributed by atoms with van der Waals surface area (Å²) in [5.41, 5.74) is 0. The van der Waals surface area contributed by atoms with Crippen LogP contribution in [0.15, 0.2) is 53.0 Å². The molecule has 0 heterocycles. The topological polar surface area (TPSA) is 18.5 Å². The Morgan fingerprint density at radius 1 is 0.889 bits per heavy atom. The van der Waals surface area contributed by atoms with Crippen molar-refractivity contribution in [3.63, 3.8) is 0 Å². The molecule has 0 saturated heterocycles. The minimum Gasteiger partial charge on any atom is -0.490 e. The zero-order valence-corrected chi connectivity index (χ0v) is 11.9. The fourth-order valence-corrected chi connectivity index (χ4v) is 1.85. The monoisotopic (exact) mass is 326 g/mol. The second-order valence-corrected chi connectivity index (χ2v) is 4.96. The summed E-state index contributed by atoms with van der Waals surface area (Å²) < 4.78 is 12.1. The predicted octanol–water partition coefficient (Wildman–Crippen LogP) is 4.56. The molecule has 2 nitrogen and oxygen atoms in total. The molecule has 0 bridgehead atoms. The fourth-order valence-electron chi connectivity index (χ4n) is 1.41. The lowest BCUT2D eigenvalue weighted by Gasteiger charge is -2.08. The standard InChI is InChI=1S/C14H12BrClO2/c15-11-4-6-13(7-5-11)17-8-9-18-14-3-1-2-12(16)10-14/h1-7,10H,8-9H2. The molecule has 0 aliphatic carbocycles. The zero-order chi connectivity index (χ0) is 12.8. The van der Waals surface area contributed by atoms with Crippen LogP contribution in [0, 0.1) is 0 Å². The van der Waals surface area contributed by atoms with Gasteiger partial charge >= 0.3 is 0 Å². The van der Waals surface area contributed by atoms with Gasteiger partial charge in [-0.05, 0) is 42.5 Å². The van der Waals surface area contributed by atoms with Crippen molar-refractivity contribution in [1.29, 1.82) is 0 Å². The number of ether oxygens (including phenoxy) is 2.